The summed E-state index contributed by atoms with van der Waals surface area (Å²) in [6, 6.07) is 62.1. The van der Waals surface area contributed by atoms with E-state index in [1.807, 2.05) is 6.07 Å². The number of hydrogen-bond donors (Lipinski definition) is 0. The number of benzene rings is 8. The van der Waals surface area contributed by atoms with Crippen LogP contribution >= 0.6 is 0 Å². The Morgan fingerprint density at radius 1 is 0.391 bits per heavy atom. The topological polar surface area (TPSA) is 9.23 Å². The molecule has 0 unspecified atom stereocenters. The summed E-state index contributed by atoms with van der Waals surface area (Å²) in [6.07, 6.45) is 0. The Bertz CT molecular complexity index is 2450. The highest BCUT2D eigenvalue weighted by Gasteiger charge is 2.46. The Kier molecular flexibility index (Phi) is 5.27. The highest BCUT2D eigenvalue weighted by molar-refractivity contribution is 6.07. The summed E-state index contributed by atoms with van der Waals surface area (Å²) < 4.78 is 6.58. The van der Waals surface area contributed by atoms with Gasteiger partial charge in [0.2, 0.25) is 0 Å². The fourth-order valence-corrected chi connectivity index (χ4v) is 8.19. The second-order valence-electron chi connectivity index (χ2n) is 12.4. The molecule has 2 aliphatic rings. The van der Waals surface area contributed by atoms with Crippen molar-refractivity contribution in [2.45, 2.75) is 5.41 Å². The van der Waals surface area contributed by atoms with Crippen LogP contribution in [0.2, 0.25) is 0 Å². The molecular formula is C45H28O. The minimum Gasteiger partial charge on any atom is -0.456 e. The lowest BCUT2D eigenvalue weighted by molar-refractivity contribution is 0.487. The summed E-state index contributed by atoms with van der Waals surface area (Å²) >= 11 is 0. The third kappa shape index (κ3) is 3.40. The van der Waals surface area contributed by atoms with Gasteiger partial charge in [0.15, 0.2) is 0 Å². The molecule has 8 aromatic carbocycles. The predicted octanol–water partition coefficient (Wildman–Crippen LogP) is 11.8. The molecule has 0 spiro atoms. The predicted molar refractivity (Wildman–Crippen MR) is 190 cm³/mol. The molecule has 1 heteroatoms. The highest BCUT2D eigenvalue weighted by atomic mass is 16.5. The van der Waals surface area contributed by atoms with Gasteiger partial charge in [0.25, 0.3) is 0 Å². The summed E-state index contributed by atoms with van der Waals surface area (Å²) in [5, 5.41) is 4.91. The first kappa shape index (κ1) is 25.4. The number of ether oxygens (including phenoxy) is 1. The molecule has 0 atom stereocenters. The maximum absolute atomic E-state index is 6.58. The second-order valence-corrected chi connectivity index (χ2v) is 12.4. The smallest absolute Gasteiger partial charge is 0.136 e. The molecule has 1 heterocycles. The minimum atomic E-state index is -0.471. The van der Waals surface area contributed by atoms with Crippen LogP contribution in [0.1, 0.15) is 22.3 Å². The first-order chi connectivity index (χ1) is 22.8. The van der Waals surface area contributed by atoms with Crippen LogP contribution < -0.4 is 4.74 Å². The largest absolute Gasteiger partial charge is 0.456 e. The molecule has 0 saturated heterocycles. The SMILES string of the molecule is c1ccc(C2(c3ccccc3)c3cc(-c4cc5c6c(cccc6c4)-c4ccccc4O5)ccc3-c3c2ccc2ccccc32)cc1. The van der Waals surface area contributed by atoms with Crippen molar-refractivity contribution >= 4 is 21.5 Å². The molecule has 1 aliphatic carbocycles. The molecule has 8 aromatic rings. The molecule has 0 fully saturated rings. The van der Waals surface area contributed by atoms with Crippen LogP contribution in [0.25, 0.3) is 54.9 Å². The van der Waals surface area contributed by atoms with Crippen molar-refractivity contribution < 1.29 is 4.74 Å². The highest BCUT2D eigenvalue weighted by Crippen LogP contribution is 2.58. The molecule has 214 valence electrons. The van der Waals surface area contributed by atoms with Gasteiger partial charge >= 0.3 is 0 Å². The standard InChI is InChI=1S/C45H28O/c1-3-14-33(15-4-1)45(34-16-5-2-6-17-34)39-25-23-29-12-7-8-18-35(29)44(39)38-24-22-30(27-40(38)45)32-26-31-13-11-20-37-36-19-9-10-21-41(36)46-42(28-32)43(31)37/h1-28H. The fraction of sp³-hybridized carbons (Fsp3) is 0.0222. The van der Waals surface area contributed by atoms with Crippen molar-refractivity contribution in [3.05, 3.63) is 192 Å². The van der Waals surface area contributed by atoms with Crippen molar-refractivity contribution in [3.63, 3.8) is 0 Å². The van der Waals surface area contributed by atoms with Crippen molar-refractivity contribution in [2.24, 2.45) is 0 Å². The van der Waals surface area contributed by atoms with Crippen LogP contribution in [-0.4, -0.2) is 0 Å². The van der Waals surface area contributed by atoms with Gasteiger partial charge < -0.3 is 4.74 Å². The summed E-state index contributed by atoms with van der Waals surface area (Å²) in [5.41, 5.74) is 12.0. The second kappa shape index (κ2) is 9.54. The maximum atomic E-state index is 6.58. The van der Waals surface area contributed by atoms with Crippen LogP contribution in [0.3, 0.4) is 0 Å². The maximum Gasteiger partial charge on any atom is 0.136 e. The minimum absolute atomic E-state index is 0.471. The Labute approximate surface area is 268 Å². The number of fused-ring (bicyclic) bond motifs is 7. The number of rotatable bonds is 3. The van der Waals surface area contributed by atoms with E-state index >= 15 is 0 Å². The van der Waals surface area contributed by atoms with E-state index in [9.17, 15) is 0 Å². The van der Waals surface area contributed by atoms with Crippen LogP contribution in [0.5, 0.6) is 11.5 Å². The molecule has 0 N–H and O–H groups in total. The summed E-state index contributed by atoms with van der Waals surface area (Å²) in [4.78, 5) is 0. The van der Waals surface area contributed by atoms with Crippen LogP contribution in [-0.2, 0) is 5.41 Å². The lowest BCUT2D eigenvalue weighted by Gasteiger charge is -2.34. The Balaban J connectivity index is 1.28. The van der Waals surface area contributed by atoms with Gasteiger partial charge in [-0.05, 0) is 90.5 Å². The Hall–Kier alpha value is -5.92. The zero-order valence-corrected chi connectivity index (χ0v) is 25.1. The van der Waals surface area contributed by atoms with Gasteiger partial charge in [0.1, 0.15) is 11.5 Å². The zero-order valence-electron chi connectivity index (χ0n) is 25.1. The molecule has 0 amide bonds. The number of para-hydroxylation sites is 1. The molecule has 1 aliphatic heterocycles. The van der Waals surface area contributed by atoms with E-state index in [0.717, 1.165) is 22.6 Å². The zero-order chi connectivity index (χ0) is 30.2. The quantitative estimate of drug-likeness (QED) is 0.201. The van der Waals surface area contributed by atoms with Gasteiger partial charge in [-0.3, -0.25) is 0 Å². The van der Waals surface area contributed by atoms with Gasteiger partial charge in [-0.25, -0.2) is 0 Å². The van der Waals surface area contributed by atoms with E-state index in [-0.39, 0.29) is 0 Å². The van der Waals surface area contributed by atoms with Gasteiger partial charge in [0, 0.05) is 10.9 Å². The first-order valence-electron chi connectivity index (χ1n) is 15.9. The van der Waals surface area contributed by atoms with Crippen molar-refractivity contribution in [1.29, 1.82) is 0 Å². The molecule has 0 radical (unpaired) electrons. The summed E-state index contributed by atoms with van der Waals surface area (Å²) in [7, 11) is 0. The summed E-state index contributed by atoms with van der Waals surface area (Å²) in [5.74, 6) is 1.82. The molecule has 10 rings (SSSR count). The van der Waals surface area contributed by atoms with Gasteiger partial charge in [-0.15, -0.1) is 0 Å². The van der Waals surface area contributed by atoms with E-state index in [1.54, 1.807) is 0 Å². The first-order valence-corrected chi connectivity index (χ1v) is 15.9. The average molecular weight is 585 g/mol. The monoisotopic (exact) mass is 584 g/mol. The van der Waals surface area contributed by atoms with Gasteiger partial charge in [-0.2, -0.15) is 0 Å². The molecular weight excluding hydrogens is 556 g/mol. The fourth-order valence-electron chi connectivity index (χ4n) is 8.19. The van der Waals surface area contributed by atoms with E-state index in [2.05, 4.69) is 164 Å². The van der Waals surface area contributed by atoms with Crippen molar-refractivity contribution in [1.82, 2.24) is 0 Å². The van der Waals surface area contributed by atoms with E-state index < -0.39 is 5.41 Å². The van der Waals surface area contributed by atoms with Gasteiger partial charge in [-0.1, -0.05) is 146 Å². The van der Waals surface area contributed by atoms with Crippen molar-refractivity contribution in [2.75, 3.05) is 0 Å². The number of hydrogen-bond acceptors (Lipinski definition) is 1. The third-order valence-corrected chi connectivity index (χ3v) is 10.1. The Morgan fingerprint density at radius 2 is 1.09 bits per heavy atom. The molecule has 1 nitrogen and oxygen atoms in total. The van der Waals surface area contributed by atoms with E-state index in [0.29, 0.717) is 0 Å². The van der Waals surface area contributed by atoms with Gasteiger partial charge in [0.05, 0.1) is 5.41 Å². The van der Waals surface area contributed by atoms with Crippen LogP contribution in [0, 0.1) is 0 Å². The Morgan fingerprint density at radius 3 is 1.91 bits per heavy atom. The van der Waals surface area contributed by atoms with Crippen molar-refractivity contribution in [3.8, 4) is 44.9 Å². The average Bonchev–Trinajstić information content (AvgIpc) is 3.43. The molecule has 46 heavy (non-hydrogen) atoms. The van der Waals surface area contributed by atoms with E-state index in [1.165, 1.54) is 66.1 Å². The molecule has 0 bridgehead atoms. The third-order valence-electron chi connectivity index (χ3n) is 10.1. The molecule has 0 saturated carbocycles. The normalized spacial score (nSPS) is 13.6. The molecule has 0 aromatic heterocycles. The summed E-state index contributed by atoms with van der Waals surface area (Å²) in [6.45, 7) is 0. The lowest BCUT2D eigenvalue weighted by atomic mass is 9.67. The lowest BCUT2D eigenvalue weighted by Crippen LogP contribution is -2.28. The van der Waals surface area contributed by atoms with E-state index in [4.69, 9.17) is 4.74 Å². The van der Waals surface area contributed by atoms with Crippen LogP contribution in [0.4, 0.5) is 0 Å². The van der Waals surface area contributed by atoms with Crippen LogP contribution in [0.15, 0.2) is 170 Å².